The molecule has 10 nitrogen and oxygen atoms in total. The van der Waals surface area contributed by atoms with E-state index in [1.807, 2.05) is 42.5 Å². The van der Waals surface area contributed by atoms with Crippen LogP contribution in [0.25, 0.3) is 28.1 Å². The number of carbonyl (C=O) groups excluding carboxylic acids is 3. The van der Waals surface area contributed by atoms with Crippen LogP contribution in [0.3, 0.4) is 0 Å². The molecule has 1 aliphatic rings. The number of H-pyrrole nitrogens is 1. The summed E-state index contributed by atoms with van der Waals surface area (Å²) in [5, 5.41) is 15.1. The van der Waals surface area contributed by atoms with Gasteiger partial charge >= 0.3 is 11.7 Å². The zero-order valence-electron chi connectivity index (χ0n) is 23.5. The Labute approximate surface area is 255 Å². The van der Waals surface area contributed by atoms with Crippen LogP contribution >= 0.6 is 0 Å². The Morgan fingerprint density at radius 2 is 1.38 bits per heavy atom. The molecule has 1 saturated heterocycles. The monoisotopic (exact) mass is 596 g/mol. The molecule has 5 aromatic rings. The molecular weight excluding hydrogens is 572 g/mol. The van der Waals surface area contributed by atoms with Crippen molar-refractivity contribution in [3.63, 3.8) is 0 Å². The second-order valence-electron chi connectivity index (χ2n) is 10.0. The molecule has 0 unspecified atom stereocenters. The summed E-state index contributed by atoms with van der Waals surface area (Å²) in [6, 6.07) is 29.0. The smallest absolute Gasteiger partial charge is 0.335 e. The van der Waals surface area contributed by atoms with E-state index in [9.17, 15) is 29.1 Å². The molecule has 0 aliphatic carbocycles. The molecule has 0 spiro atoms. The average molecular weight is 597 g/mol. The summed E-state index contributed by atoms with van der Waals surface area (Å²) >= 11 is 0. The van der Waals surface area contributed by atoms with Gasteiger partial charge in [-0.2, -0.15) is 0 Å². The predicted octanol–water partition coefficient (Wildman–Crippen LogP) is 4.69. The van der Waals surface area contributed by atoms with Gasteiger partial charge in [-0.15, -0.1) is 0 Å². The molecule has 2 heterocycles. The van der Waals surface area contributed by atoms with Gasteiger partial charge in [0.1, 0.15) is 11.1 Å². The third kappa shape index (κ3) is 5.63. The van der Waals surface area contributed by atoms with Crippen LogP contribution in [0.2, 0.25) is 0 Å². The van der Waals surface area contributed by atoms with Gasteiger partial charge in [0, 0.05) is 0 Å². The van der Waals surface area contributed by atoms with Crippen LogP contribution in [0.15, 0.2) is 137 Å². The number of aromatic nitrogens is 2. The first-order valence-electron chi connectivity index (χ1n) is 13.8. The van der Waals surface area contributed by atoms with E-state index in [1.54, 1.807) is 60.7 Å². The lowest BCUT2D eigenvalue weighted by Gasteiger charge is -2.26. The number of hydrogen-bond acceptors (Lipinski definition) is 6. The Bertz CT molecular complexity index is 2200. The summed E-state index contributed by atoms with van der Waals surface area (Å²) in [5.41, 5.74) is -0.345. The molecule has 220 valence electrons. The fraction of sp³-hybridized carbons (Fsp3) is 0. The molecule has 6 rings (SSSR count). The Morgan fingerprint density at radius 3 is 2.09 bits per heavy atom. The van der Waals surface area contributed by atoms with Crippen molar-refractivity contribution in [2.24, 2.45) is 0 Å². The Kier molecular flexibility index (Phi) is 7.60. The third-order valence-electron chi connectivity index (χ3n) is 7.19. The van der Waals surface area contributed by atoms with E-state index in [2.05, 4.69) is 10.3 Å². The number of rotatable bonds is 6. The van der Waals surface area contributed by atoms with Crippen LogP contribution in [0, 0.1) is 0 Å². The van der Waals surface area contributed by atoms with Crippen LogP contribution < -0.4 is 21.5 Å². The minimum Gasteiger partial charge on any atom is -0.494 e. The molecule has 4 amide bonds. The Hall–Kier alpha value is -6.55. The van der Waals surface area contributed by atoms with Gasteiger partial charge in [0.05, 0.1) is 11.4 Å². The maximum absolute atomic E-state index is 13.4. The van der Waals surface area contributed by atoms with Gasteiger partial charge in [0.15, 0.2) is 0 Å². The molecule has 0 bridgehead atoms. The van der Waals surface area contributed by atoms with Gasteiger partial charge in [-0.1, -0.05) is 84.9 Å². The number of amides is 4. The molecule has 4 aromatic carbocycles. The SMILES string of the molecule is O=C1NC(=O)N(c2ccccc2)C(=O)C1=CC=C(C=Cc1c(O)n(-c2ccccc2)c(=O)[nH]c1=O)c1ccc2ccccc2c1. The van der Waals surface area contributed by atoms with Gasteiger partial charge in [0.25, 0.3) is 17.4 Å². The summed E-state index contributed by atoms with van der Waals surface area (Å²) in [7, 11) is 0. The van der Waals surface area contributed by atoms with E-state index in [0.717, 1.165) is 20.2 Å². The van der Waals surface area contributed by atoms with E-state index < -0.39 is 35.0 Å². The molecule has 1 aromatic heterocycles. The Balaban J connectivity index is 1.47. The number of aromatic hydroxyl groups is 1. The molecule has 0 atom stereocenters. The lowest BCUT2D eigenvalue weighted by Crippen LogP contribution is -2.54. The van der Waals surface area contributed by atoms with Crippen LogP contribution in [0.5, 0.6) is 5.88 Å². The largest absolute Gasteiger partial charge is 0.494 e. The highest BCUT2D eigenvalue weighted by molar-refractivity contribution is 6.37. The zero-order chi connectivity index (χ0) is 31.5. The number of carbonyl (C=O) groups is 3. The van der Waals surface area contributed by atoms with Crippen molar-refractivity contribution < 1.29 is 19.5 Å². The first-order chi connectivity index (χ1) is 21.8. The first kappa shape index (κ1) is 28.6. The Morgan fingerprint density at radius 1 is 0.733 bits per heavy atom. The maximum Gasteiger partial charge on any atom is 0.335 e. The van der Waals surface area contributed by atoms with E-state index in [0.29, 0.717) is 22.5 Å². The van der Waals surface area contributed by atoms with Crippen molar-refractivity contribution >= 4 is 46.0 Å². The van der Waals surface area contributed by atoms with Crippen molar-refractivity contribution in [3.8, 4) is 11.6 Å². The number of barbiturate groups is 1. The van der Waals surface area contributed by atoms with Crippen molar-refractivity contribution in [3.05, 3.63) is 159 Å². The maximum atomic E-state index is 13.4. The average Bonchev–Trinajstić information content (AvgIpc) is 3.04. The summed E-state index contributed by atoms with van der Waals surface area (Å²) in [6.45, 7) is 0. The number of nitrogens with zero attached hydrogens (tertiary/aromatic N) is 2. The highest BCUT2D eigenvalue weighted by Gasteiger charge is 2.36. The van der Waals surface area contributed by atoms with Gasteiger partial charge in [0.2, 0.25) is 5.88 Å². The zero-order valence-corrected chi connectivity index (χ0v) is 23.5. The fourth-order valence-electron chi connectivity index (χ4n) is 4.96. The lowest BCUT2D eigenvalue weighted by molar-refractivity contribution is -0.122. The van der Waals surface area contributed by atoms with Gasteiger partial charge in [-0.25, -0.2) is 19.1 Å². The number of para-hydroxylation sites is 2. The quantitative estimate of drug-likeness (QED) is 0.148. The van der Waals surface area contributed by atoms with Crippen LogP contribution in [-0.2, 0) is 9.59 Å². The van der Waals surface area contributed by atoms with Crippen LogP contribution in [-0.4, -0.2) is 32.5 Å². The number of fused-ring (bicyclic) bond motifs is 1. The number of nitrogens with one attached hydrogen (secondary N) is 2. The van der Waals surface area contributed by atoms with Crippen molar-refractivity contribution in [1.29, 1.82) is 0 Å². The summed E-state index contributed by atoms with van der Waals surface area (Å²) < 4.78 is 0.975. The highest BCUT2D eigenvalue weighted by Crippen LogP contribution is 2.26. The molecule has 0 radical (unpaired) electrons. The molecular formula is C35H24N4O6. The van der Waals surface area contributed by atoms with Crippen LogP contribution in [0.1, 0.15) is 11.1 Å². The first-order valence-corrected chi connectivity index (χ1v) is 13.8. The normalized spacial score (nSPS) is 14.8. The lowest BCUT2D eigenvalue weighted by atomic mass is 9.99. The minimum absolute atomic E-state index is 0.190. The second-order valence-corrected chi connectivity index (χ2v) is 10.0. The highest BCUT2D eigenvalue weighted by atomic mass is 16.3. The van der Waals surface area contributed by atoms with E-state index in [1.165, 1.54) is 24.3 Å². The molecule has 10 heteroatoms. The van der Waals surface area contributed by atoms with E-state index in [-0.39, 0.29) is 11.1 Å². The van der Waals surface area contributed by atoms with E-state index >= 15 is 0 Å². The topological polar surface area (TPSA) is 142 Å². The third-order valence-corrected chi connectivity index (χ3v) is 7.19. The fourth-order valence-corrected chi connectivity index (χ4v) is 4.96. The second kappa shape index (κ2) is 12.0. The van der Waals surface area contributed by atoms with E-state index in [4.69, 9.17) is 0 Å². The van der Waals surface area contributed by atoms with Crippen LogP contribution in [0.4, 0.5) is 10.5 Å². The summed E-state index contributed by atoms with van der Waals surface area (Å²) in [4.78, 5) is 67.2. The number of anilines is 1. The molecule has 1 fully saturated rings. The number of aromatic amines is 1. The number of urea groups is 1. The minimum atomic E-state index is -0.866. The number of allylic oxidation sites excluding steroid dienone is 4. The number of imide groups is 2. The molecule has 1 aliphatic heterocycles. The number of benzene rings is 4. The standard InChI is InChI=1S/C35H24N4O6/c40-30-28(32(42)38(34(44)36-30)26-11-3-1-4-12-26)19-17-23(25-16-15-22-9-7-8-10-24(22)21-25)18-20-29-31(41)37-35(45)39(33(29)43)27-13-5-2-6-14-27/h1-21,42H,(H,36,40,44)(H,37,41,45). The molecule has 45 heavy (non-hydrogen) atoms. The van der Waals surface area contributed by atoms with Crippen molar-refractivity contribution in [2.75, 3.05) is 4.90 Å². The predicted molar refractivity (Wildman–Crippen MR) is 171 cm³/mol. The van der Waals surface area contributed by atoms with Gasteiger partial charge in [-0.3, -0.25) is 24.7 Å². The van der Waals surface area contributed by atoms with Crippen molar-refractivity contribution in [1.82, 2.24) is 14.9 Å². The van der Waals surface area contributed by atoms with Crippen molar-refractivity contribution in [2.45, 2.75) is 0 Å². The molecule has 3 N–H and O–H groups in total. The molecule has 0 saturated carbocycles. The summed E-state index contributed by atoms with van der Waals surface area (Å²) in [6.07, 6.45) is 5.67. The van der Waals surface area contributed by atoms with Gasteiger partial charge < -0.3 is 5.11 Å². The summed E-state index contributed by atoms with van der Waals surface area (Å²) in [5.74, 6) is -2.24. The van der Waals surface area contributed by atoms with Gasteiger partial charge in [-0.05, 0) is 64.4 Å². The number of hydrogen-bond donors (Lipinski definition) is 3.